The predicted octanol–water partition coefficient (Wildman–Crippen LogP) is 1.22. The summed E-state index contributed by atoms with van der Waals surface area (Å²) >= 11 is 0. The number of aromatic nitrogens is 2. The molecule has 0 aromatic carbocycles. The van der Waals surface area contributed by atoms with E-state index in [9.17, 15) is 0 Å². The number of fused-ring (bicyclic) bond motifs is 1. The van der Waals surface area contributed by atoms with E-state index in [4.69, 9.17) is 0 Å². The zero-order valence-electron chi connectivity index (χ0n) is 10.6. The van der Waals surface area contributed by atoms with Crippen molar-refractivity contribution in [1.82, 2.24) is 15.3 Å². The number of rotatable bonds is 2. The van der Waals surface area contributed by atoms with Crippen LogP contribution in [0.4, 0.5) is 5.95 Å². The highest BCUT2D eigenvalue weighted by Crippen LogP contribution is 2.35. The highest BCUT2D eigenvalue weighted by molar-refractivity contribution is 5.36. The summed E-state index contributed by atoms with van der Waals surface area (Å²) in [6.45, 7) is 7.73. The van der Waals surface area contributed by atoms with Crippen LogP contribution in [-0.4, -0.2) is 35.6 Å². The van der Waals surface area contributed by atoms with Crippen LogP contribution >= 0.6 is 0 Å². The zero-order chi connectivity index (χ0) is 11.8. The fourth-order valence-electron chi connectivity index (χ4n) is 3.35. The lowest BCUT2D eigenvalue weighted by atomic mass is 9.93. The molecular formula is C13H20N4. The molecule has 0 aliphatic carbocycles. The van der Waals surface area contributed by atoms with Crippen LogP contribution < -0.4 is 10.2 Å². The van der Waals surface area contributed by atoms with E-state index in [1.165, 1.54) is 6.42 Å². The van der Waals surface area contributed by atoms with Crippen LogP contribution in [-0.2, 0) is 0 Å². The average Bonchev–Trinajstić information content (AvgIpc) is 2.88. The number of nitrogens with zero attached hydrogens (tertiary/aromatic N) is 3. The molecule has 92 valence electrons. The Bertz CT molecular complexity index is 406. The molecule has 0 radical (unpaired) electrons. The largest absolute Gasteiger partial charge is 0.337 e. The molecule has 2 saturated heterocycles. The normalized spacial score (nSPS) is 31.9. The Hall–Kier alpha value is -1.16. The zero-order valence-corrected chi connectivity index (χ0v) is 10.6. The fraction of sp³-hybridized carbons (Fsp3) is 0.692. The minimum absolute atomic E-state index is 0.608. The van der Waals surface area contributed by atoms with Crippen LogP contribution in [0, 0.1) is 18.8 Å². The van der Waals surface area contributed by atoms with Crippen molar-refractivity contribution >= 4 is 5.95 Å². The molecule has 4 nitrogen and oxygen atoms in total. The van der Waals surface area contributed by atoms with Gasteiger partial charge in [-0.15, -0.1) is 0 Å². The summed E-state index contributed by atoms with van der Waals surface area (Å²) in [7, 11) is 0. The molecule has 3 heterocycles. The van der Waals surface area contributed by atoms with E-state index in [0.29, 0.717) is 6.04 Å². The third kappa shape index (κ3) is 1.80. The second-order valence-corrected chi connectivity index (χ2v) is 5.21. The molecule has 4 heteroatoms. The van der Waals surface area contributed by atoms with Gasteiger partial charge < -0.3 is 10.2 Å². The molecule has 17 heavy (non-hydrogen) atoms. The van der Waals surface area contributed by atoms with Gasteiger partial charge in [0.1, 0.15) is 0 Å². The quantitative estimate of drug-likeness (QED) is 0.832. The summed E-state index contributed by atoms with van der Waals surface area (Å²) < 4.78 is 0. The number of anilines is 1. The molecule has 2 fully saturated rings. The Morgan fingerprint density at radius 2 is 2.35 bits per heavy atom. The Kier molecular flexibility index (Phi) is 2.74. The number of nitrogens with one attached hydrogen (secondary N) is 1. The predicted molar refractivity (Wildman–Crippen MR) is 68.0 cm³/mol. The van der Waals surface area contributed by atoms with E-state index in [0.717, 1.165) is 43.1 Å². The standard InChI is InChI=1S/C13H20N4/c1-3-12-11-7-14-6-10(11)8-17(12)13-15-5-4-9(2)16-13/h4-5,10-12,14H,3,6-8H2,1-2H3. The van der Waals surface area contributed by atoms with Gasteiger partial charge in [-0.2, -0.15) is 0 Å². The third-order valence-electron chi connectivity index (χ3n) is 4.18. The summed E-state index contributed by atoms with van der Waals surface area (Å²) in [6, 6.07) is 2.57. The first-order valence-corrected chi connectivity index (χ1v) is 6.56. The van der Waals surface area contributed by atoms with Crippen molar-refractivity contribution in [3.05, 3.63) is 18.0 Å². The maximum absolute atomic E-state index is 4.58. The van der Waals surface area contributed by atoms with Crippen molar-refractivity contribution in [2.45, 2.75) is 26.3 Å². The lowest BCUT2D eigenvalue weighted by molar-refractivity contribution is 0.440. The van der Waals surface area contributed by atoms with E-state index in [1.807, 2.05) is 19.2 Å². The highest BCUT2D eigenvalue weighted by atomic mass is 15.3. The lowest BCUT2D eigenvalue weighted by Gasteiger charge is -2.26. The summed E-state index contributed by atoms with van der Waals surface area (Å²) in [5.41, 5.74) is 1.06. The Balaban J connectivity index is 1.88. The molecule has 0 amide bonds. The number of aryl methyl sites for hydroxylation is 1. The van der Waals surface area contributed by atoms with Crippen LogP contribution in [0.25, 0.3) is 0 Å². The summed E-state index contributed by atoms with van der Waals surface area (Å²) in [5.74, 6) is 2.49. The van der Waals surface area contributed by atoms with Crippen molar-refractivity contribution in [1.29, 1.82) is 0 Å². The molecule has 2 aliphatic rings. The molecule has 0 bridgehead atoms. The van der Waals surface area contributed by atoms with Gasteiger partial charge in [0.05, 0.1) is 0 Å². The first kappa shape index (κ1) is 11.0. The van der Waals surface area contributed by atoms with E-state index in [1.54, 1.807) is 0 Å². The second-order valence-electron chi connectivity index (χ2n) is 5.21. The SMILES string of the molecule is CCC1C2CNCC2CN1c1nccc(C)n1. The van der Waals surface area contributed by atoms with E-state index in [-0.39, 0.29) is 0 Å². The summed E-state index contributed by atoms with van der Waals surface area (Å²) in [4.78, 5) is 11.4. The van der Waals surface area contributed by atoms with E-state index >= 15 is 0 Å². The number of hydrogen-bond donors (Lipinski definition) is 1. The van der Waals surface area contributed by atoms with Gasteiger partial charge in [-0.1, -0.05) is 6.92 Å². The van der Waals surface area contributed by atoms with Crippen LogP contribution in [0.15, 0.2) is 12.3 Å². The second kappa shape index (κ2) is 4.26. The smallest absolute Gasteiger partial charge is 0.225 e. The van der Waals surface area contributed by atoms with Gasteiger partial charge in [0.2, 0.25) is 5.95 Å². The van der Waals surface area contributed by atoms with Gasteiger partial charge in [-0.05, 0) is 31.2 Å². The summed E-state index contributed by atoms with van der Waals surface area (Å²) in [5, 5.41) is 3.50. The Morgan fingerprint density at radius 3 is 3.12 bits per heavy atom. The van der Waals surface area contributed by atoms with Crippen LogP contribution in [0.3, 0.4) is 0 Å². The van der Waals surface area contributed by atoms with Gasteiger partial charge in [-0.25, -0.2) is 9.97 Å². The van der Waals surface area contributed by atoms with Crippen LogP contribution in [0.2, 0.25) is 0 Å². The minimum Gasteiger partial charge on any atom is -0.337 e. The van der Waals surface area contributed by atoms with Gasteiger partial charge in [-0.3, -0.25) is 0 Å². The maximum Gasteiger partial charge on any atom is 0.225 e. The van der Waals surface area contributed by atoms with Gasteiger partial charge >= 0.3 is 0 Å². The molecular weight excluding hydrogens is 212 g/mol. The molecule has 3 rings (SSSR count). The van der Waals surface area contributed by atoms with Crippen molar-refractivity contribution in [2.75, 3.05) is 24.5 Å². The molecule has 1 aromatic rings. The molecule has 1 N–H and O–H groups in total. The Labute approximate surface area is 102 Å². The van der Waals surface area contributed by atoms with Gasteiger partial charge in [0.15, 0.2) is 0 Å². The van der Waals surface area contributed by atoms with Crippen molar-refractivity contribution in [3.8, 4) is 0 Å². The van der Waals surface area contributed by atoms with E-state index < -0.39 is 0 Å². The monoisotopic (exact) mass is 232 g/mol. The van der Waals surface area contributed by atoms with Crippen molar-refractivity contribution in [2.24, 2.45) is 11.8 Å². The average molecular weight is 232 g/mol. The van der Waals surface area contributed by atoms with E-state index in [2.05, 4.69) is 27.1 Å². The molecule has 0 spiro atoms. The molecule has 2 aliphatic heterocycles. The maximum atomic E-state index is 4.58. The molecule has 3 atom stereocenters. The first-order valence-electron chi connectivity index (χ1n) is 6.56. The molecule has 0 saturated carbocycles. The fourth-order valence-corrected chi connectivity index (χ4v) is 3.35. The highest BCUT2D eigenvalue weighted by Gasteiger charge is 2.44. The van der Waals surface area contributed by atoms with Crippen molar-refractivity contribution in [3.63, 3.8) is 0 Å². The van der Waals surface area contributed by atoms with Crippen molar-refractivity contribution < 1.29 is 0 Å². The van der Waals surface area contributed by atoms with Gasteiger partial charge in [0, 0.05) is 37.6 Å². The third-order valence-corrected chi connectivity index (χ3v) is 4.18. The first-order chi connectivity index (χ1) is 8.29. The topological polar surface area (TPSA) is 41.0 Å². The Morgan fingerprint density at radius 1 is 1.47 bits per heavy atom. The summed E-state index contributed by atoms with van der Waals surface area (Å²) in [6.07, 6.45) is 3.05. The van der Waals surface area contributed by atoms with Gasteiger partial charge in [0.25, 0.3) is 0 Å². The molecule has 3 unspecified atom stereocenters. The minimum atomic E-state index is 0.608. The lowest BCUT2D eigenvalue weighted by Crippen LogP contribution is -2.36. The van der Waals surface area contributed by atoms with Crippen LogP contribution in [0.5, 0.6) is 0 Å². The van der Waals surface area contributed by atoms with Crippen LogP contribution in [0.1, 0.15) is 19.0 Å². The number of hydrogen-bond acceptors (Lipinski definition) is 4. The molecule has 1 aromatic heterocycles.